The predicted octanol–water partition coefficient (Wildman–Crippen LogP) is 7.23. The standard InChI is InChI=1S/C17H20O6.C10H20N2S4.C4H8O2/c1-9(5-7-13(18)19)4-6-11-15(20)14-12(8-23-17(14)21)10(2)16(11)22-3;1-5-11(6-2)9(13)15-16-10(14)12(7-3)8-4;1-2-3-4(5)6/h4,20H,5-8H2,1-3H3,(H,18,19);5-8H2,1-4H3;2-3H2,1H3,(H,5,6)/b9-4+;;. The molecule has 10 nitrogen and oxygen atoms in total. The second-order valence-corrected chi connectivity index (χ2v) is 13.1. The summed E-state index contributed by atoms with van der Waals surface area (Å²) in [6.07, 6.45) is 3.70. The van der Waals surface area contributed by atoms with E-state index in [0.717, 1.165) is 52.4 Å². The second kappa shape index (κ2) is 22.9. The quantitative estimate of drug-likeness (QED) is 0.0873. The van der Waals surface area contributed by atoms with Crippen molar-refractivity contribution in [3.8, 4) is 11.5 Å². The molecule has 0 aliphatic carbocycles. The van der Waals surface area contributed by atoms with Gasteiger partial charge in [0.1, 0.15) is 32.3 Å². The summed E-state index contributed by atoms with van der Waals surface area (Å²) in [5, 5.41) is 27.1. The Bertz CT molecular complexity index is 1170. The highest BCUT2D eigenvalue weighted by Gasteiger charge is 2.31. The molecule has 1 aliphatic rings. The molecule has 254 valence electrons. The summed E-state index contributed by atoms with van der Waals surface area (Å²) in [6.45, 7) is 17.9. The molecule has 1 aromatic rings. The fourth-order valence-corrected chi connectivity index (χ4v) is 7.12. The average Bonchev–Trinajstić information content (AvgIpc) is 3.39. The molecule has 0 spiro atoms. The average molecular weight is 705 g/mol. The third-order valence-electron chi connectivity index (χ3n) is 6.73. The van der Waals surface area contributed by atoms with Crippen LogP contribution in [0.1, 0.15) is 94.3 Å². The molecule has 0 radical (unpaired) electrons. The number of allylic oxidation sites excluding steroid dienone is 2. The smallest absolute Gasteiger partial charge is 0.342 e. The van der Waals surface area contributed by atoms with E-state index in [9.17, 15) is 19.5 Å². The van der Waals surface area contributed by atoms with Gasteiger partial charge in [-0.1, -0.05) is 43.0 Å². The van der Waals surface area contributed by atoms with E-state index in [-0.39, 0.29) is 24.3 Å². The molecule has 0 fully saturated rings. The lowest BCUT2D eigenvalue weighted by molar-refractivity contribution is -0.138. The van der Waals surface area contributed by atoms with Crippen LogP contribution in [0.2, 0.25) is 0 Å². The van der Waals surface area contributed by atoms with Crippen molar-refractivity contribution in [1.29, 1.82) is 0 Å². The van der Waals surface area contributed by atoms with Crippen molar-refractivity contribution in [3.63, 3.8) is 0 Å². The van der Waals surface area contributed by atoms with Gasteiger partial charge in [-0.05, 0) is 88.0 Å². The maximum atomic E-state index is 11.8. The number of carbonyl (C=O) groups excluding carboxylic acids is 1. The number of esters is 1. The van der Waals surface area contributed by atoms with E-state index >= 15 is 0 Å². The van der Waals surface area contributed by atoms with Crippen molar-refractivity contribution in [3.05, 3.63) is 33.9 Å². The number of phenolic OH excluding ortho intramolecular Hbond substituents is 1. The summed E-state index contributed by atoms with van der Waals surface area (Å²) in [4.78, 5) is 36.3. The first-order valence-electron chi connectivity index (χ1n) is 14.8. The van der Waals surface area contributed by atoms with Crippen LogP contribution in [0.3, 0.4) is 0 Å². The van der Waals surface area contributed by atoms with Gasteiger partial charge in [0.25, 0.3) is 0 Å². The Morgan fingerprint density at radius 3 is 1.80 bits per heavy atom. The van der Waals surface area contributed by atoms with Crippen LogP contribution < -0.4 is 4.74 Å². The summed E-state index contributed by atoms with van der Waals surface area (Å²) < 4.78 is 12.2. The Morgan fingerprint density at radius 2 is 1.42 bits per heavy atom. The zero-order valence-corrected chi connectivity index (χ0v) is 30.8. The van der Waals surface area contributed by atoms with Gasteiger partial charge < -0.3 is 34.6 Å². The SMILES string of the molecule is CCCC(=O)O.CCN(CC)C(=S)SSC(=S)N(CC)CC.COc1c(C)c2c(c(O)c1C/C=C(\C)CCC(=O)O)C(=O)OC2. The van der Waals surface area contributed by atoms with Gasteiger partial charge in [-0.2, -0.15) is 0 Å². The molecule has 0 atom stereocenters. The minimum atomic E-state index is -0.853. The van der Waals surface area contributed by atoms with Crippen LogP contribution in [0.25, 0.3) is 0 Å². The number of fused-ring (bicyclic) bond motifs is 1. The molecule has 45 heavy (non-hydrogen) atoms. The van der Waals surface area contributed by atoms with Gasteiger partial charge in [0.15, 0.2) is 0 Å². The van der Waals surface area contributed by atoms with Gasteiger partial charge >= 0.3 is 17.9 Å². The van der Waals surface area contributed by atoms with Gasteiger partial charge in [0, 0.05) is 50.1 Å². The Hall–Kier alpha value is -2.55. The lowest BCUT2D eigenvalue weighted by Gasteiger charge is -2.23. The normalized spacial score (nSPS) is 11.6. The number of aliphatic carboxylic acids is 2. The zero-order chi connectivity index (χ0) is 34.7. The van der Waals surface area contributed by atoms with Crippen molar-refractivity contribution < 1.29 is 39.2 Å². The van der Waals surface area contributed by atoms with Crippen molar-refractivity contribution in [2.75, 3.05) is 33.3 Å². The zero-order valence-electron chi connectivity index (χ0n) is 27.6. The number of methoxy groups -OCH3 is 1. The highest BCUT2D eigenvalue weighted by Crippen LogP contribution is 2.42. The highest BCUT2D eigenvalue weighted by atomic mass is 33.1. The maximum Gasteiger partial charge on any atom is 0.342 e. The summed E-state index contributed by atoms with van der Waals surface area (Å²) in [7, 11) is 4.69. The number of carbonyl (C=O) groups is 3. The Balaban J connectivity index is 0.000000764. The molecular weight excluding hydrogens is 657 g/mol. The van der Waals surface area contributed by atoms with Gasteiger partial charge in [0.05, 0.1) is 7.11 Å². The summed E-state index contributed by atoms with van der Waals surface area (Å²) in [5.74, 6) is -1.68. The lowest BCUT2D eigenvalue weighted by atomic mass is 9.94. The number of benzene rings is 1. The molecule has 3 N–H and O–H groups in total. The van der Waals surface area contributed by atoms with Crippen LogP contribution in [0.15, 0.2) is 11.6 Å². The number of aromatic hydroxyl groups is 1. The Kier molecular flexibility index (Phi) is 21.6. The van der Waals surface area contributed by atoms with Crippen LogP contribution in [0, 0.1) is 6.92 Å². The second-order valence-electron chi connectivity index (χ2n) is 9.75. The number of hydrogen-bond donors (Lipinski definition) is 3. The molecule has 0 bridgehead atoms. The first-order chi connectivity index (χ1) is 21.2. The van der Waals surface area contributed by atoms with Crippen molar-refractivity contribution in [1.82, 2.24) is 9.80 Å². The molecule has 0 unspecified atom stereocenters. The third kappa shape index (κ3) is 14.6. The third-order valence-corrected chi connectivity index (χ3v) is 10.5. The molecule has 14 heteroatoms. The first kappa shape index (κ1) is 42.5. The number of rotatable bonds is 12. The van der Waals surface area contributed by atoms with Gasteiger partial charge in [-0.15, -0.1) is 0 Å². The number of nitrogens with zero attached hydrogens (tertiary/aromatic N) is 2. The van der Waals surface area contributed by atoms with Crippen molar-refractivity contribution in [2.45, 2.75) is 87.2 Å². The minimum Gasteiger partial charge on any atom is -0.507 e. The molecule has 0 saturated heterocycles. The lowest BCUT2D eigenvalue weighted by Crippen LogP contribution is -2.28. The molecule has 0 aromatic heterocycles. The number of thiocarbonyl (C=S) groups is 2. The van der Waals surface area contributed by atoms with E-state index in [1.54, 1.807) is 21.6 Å². The topological polar surface area (TPSA) is 137 Å². The molecule has 1 aromatic carbocycles. The molecule has 1 aliphatic heterocycles. The van der Waals surface area contributed by atoms with Crippen molar-refractivity contribution >= 4 is 72.6 Å². The van der Waals surface area contributed by atoms with E-state index in [1.165, 1.54) is 7.11 Å². The maximum absolute atomic E-state index is 11.8. The number of phenols is 1. The van der Waals surface area contributed by atoms with E-state index in [1.807, 2.05) is 26.8 Å². The molecule has 0 saturated carbocycles. The molecule has 1 heterocycles. The Morgan fingerprint density at radius 1 is 0.933 bits per heavy atom. The van der Waals surface area contributed by atoms with E-state index < -0.39 is 17.9 Å². The number of ether oxygens (including phenoxy) is 2. The number of carboxylic acids is 2. The monoisotopic (exact) mass is 704 g/mol. The van der Waals surface area contributed by atoms with E-state index in [4.69, 9.17) is 44.1 Å². The van der Waals surface area contributed by atoms with E-state index in [2.05, 4.69) is 37.5 Å². The highest BCUT2D eigenvalue weighted by molar-refractivity contribution is 8.89. The minimum absolute atomic E-state index is 0.0565. The van der Waals surface area contributed by atoms with Crippen LogP contribution in [0.4, 0.5) is 0 Å². The fraction of sp³-hybridized carbons (Fsp3) is 0.581. The van der Waals surface area contributed by atoms with Gasteiger partial charge in [-0.25, -0.2) is 4.79 Å². The van der Waals surface area contributed by atoms with Crippen LogP contribution in [0.5, 0.6) is 11.5 Å². The predicted molar refractivity (Wildman–Crippen MR) is 192 cm³/mol. The van der Waals surface area contributed by atoms with Gasteiger partial charge in [0.2, 0.25) is 0 Å². The summed E-state index contributed by atoms with van der Waals surface area (Å²) in [6, 6.07) is 0. The van der Waals surface area contributed by atoms with Crippen LogP contribution in [-0.4, -0.2) is 85.0 Å². The molecule has 0 amide bonds. The number of cyclic esters (lactones) is 1. The summed E-state index contributed by atoms with van der Waals surface area (Å²) in [5.41, 5.74) is 3.04. The Labute approximate surface area is 286 Å². The number of carboxylic acid groups (broad SMARTS) is 2. The van der Waals surface area contributed by atoms with Gasteiger partial charge in [-0.3, -0.25) is 9.59 Å². The van der Waals surface area contributed by atoms with E-state index in [0.29, 0.717) is 36.1 Å². The fourth-order valence-electron chi connectivity index (χ4n) is 4.06. The van der Waals surface area contributed by atoms with Crippen molar-refractivity contribution in [2.24, 2.45) is 0 Å². The first-order valence-corrected chi connectivity index (χ1v) is 17.8. The van der Waals surface area contributed by atoms with Crippen LogP contribution >= 0.6 is 46.0 Å². The molecular formula is C31H48N2O8S4. The number of hydrogen-bond acceptors (Lipinski definition) is 10. The molecule has 2 rings (SSSR count). The largest absolute Gasteiger partial charge is 0.507 e. The van der Waals surface area contributed by atoms with Crippen LogP contribution in [-0.2, 0) is 27.4 Å². The summed E-state index contributed by atoms with van der Waals surface area (Å²) >= 11 is 10.7.